The quantitative estimate of drug-likeness (QED) is 0.528. The Labute approximate surface area is 120 Å². The van der Waals surface area contributed by atoms with Crippen LogP contribution in [0.3, 0.4) is 0 Å². The average Bonchev–Trinajstić information content (AvgIpc) is 2.82. The molecule has 0 spiro atoms. The van der Waals surface area contributed by atoms with Crippen LogP contribution >= 0.6 is 12.2 Å². The predicted octanol–water partition coefficient (Wildman–Crippen LogP) is 4.24. The van der Waals surface area contributed by atoms with Crippen molar-refractivity contribution in [2.75, 3.05) is 0 Å². The standard InChI is InChI=1S/C16H11N3S/c20-16-18-13-10-17-9-8-15(13)19(16)14-7-3-5-11-4-1-2-6-12(11)14/h1-10H,(H,18,20). The van der Waals surface area contributed by atoms with Crippen LogP contribution in [0.2, 0.25) is 0 Å². The summed E-state index contributed by atoms with van der Waals surface area (Å²) in [6.07, 6.45) is 3.58. The van der Waals surface area contributed by atoms with Crippen LogP contribution in [-0.2, 0) is 0 Å². The van der Waals surface area contributed by atoms with Crippen LogP contribution in [-0.4, -0.2) is 14.5 Å². The maximum Gasteiger partial charge on any atom is 0.182 e. The average molecular weight is 277 g/mol. The largest absolute Gasteiger partial charge is 0.329 e. The van der Waals surface area contributed by atoms with Gasteiger partial charge in [0.2, 0.25) is 0 Å². The van der Waals surface area contributed by atoms with Crippen molar-refractivity contribution in [2.45, 2.75) is 0 Å². The van der Waals surface area contributed by atoms with Crippen LogP contribution in [0.1, 0.15) is 0 Å². The van der Waals surface area contributed by atoms with Crippen LogP contribution in [0.25, 0.3) is 27.5 Å². The van der Waals surface area contributed by atoms with E-state index in [9.17, 15) is 0 Å². The van der Waals surface area contributed by atoms with Gasteiger partial charge in [-0.25, -0.2) is 0 Å². The van der Waals surface area contributed by atoms with Crippen molar-refractivity contribution in [1.82, 2.24) is 14.5 Å². The maximum absolute atomic E-state index is 5.48. The lowest BCUT2D eigenvalue weighted by Crippen LogP contribution is -1.95. The molecule has 0 radical (unpaired) electrons. The third-order valence-electron chi connectivity index (χ3n) is 3.49. The van der Waals surface area contributed by atoms with Gasteiger partial charge in [0.1, 0.15) is 0 Å². The molecule has 4 rings (SSSR count). The molecule has 0 aliphatic heterocycles. The van der Waals surface area contributed by atoms with Gasteiger partial charge in [-0.2, -0.15) is 0 Å². The van der Waals surface area contributed by atoms with Crippen molar-refractivity contribution < 1.29 is 0 Å². The second kappa shape index (κ2) is 4.28. The van der Waals surface area contributed by atoms with Crippen LogP contribution in [0.5, 0.6) is 0 Å². The summed E-state index contributed by atoms with van der Waals surface area (Å²) in [6.45, 7) is 0. The van der Waals surface area contributed by atoms with Gasteiger partial charge in [0.05, 0.1) is 22.9 Å². The Hall–Kier alpha value is -2.46. The Morgan fingerprint density at radius 1 is 1.00 bits per heavy atom. The molecule has 1 N–H and O–H groups in total. The Morgan fingerprint density at radius 2 is 1.85 bits per heavy atom. The van der Waals surface area contributed by atoms with E-state index < -0.39 is 0 Å². The number of imidazole rings is 1. The fourth-order valence-corrected chi connectivity index (χ4v) is 2.91. The molecule has 0 amide bonds. The molecule has 0 fully saturated rings. The summed E-state index contributed by atoms with van der Waals surface area (Å²) < 4.78 is 2.75. The number of hydrogen-bond acceptors (Lipinski definition) is 2. The lowest BCUT2D eigenvalue weighted by molar-refractivity contribution is 1.08. The lowest BCUT2D eigenvalue weighted by atomic mass is 10.1. The first-order chi connectivity index (χ1) is 9.84. The number of fused-ring (bicyclic) bond motifs is 2. The maximum atomic E-state index is 5.48. The van der Waals surface area contributed by atoms with Crippen molar-refractivity contribution in [3.05, 3.63) is 65.7 Å². The first-order valence-corrected chi connectivity index (χ1v) is 6.78. The van der Waals surface area contributed by atoms with E-state index in [1.165, 1.54) is 10.8 Å². The number of aromatic amines is 1. The summed E-state index contributed by atoms with van der Waals surface area (Å²) in [5.41, 5.74) is 3.08. The van der Waals surface area contributed by atoms with Crippen molar-refractivity contribution in [1.29, 1.82) is 0 Å². The number of H-pyrrole nitrogens is 1. The number of benzene rings is 2. The topological polar surface area (TPSA) is 33.6 Å². The van der Waals surface area contributed by atoms with Crippen LogP contribution < -0.4 is 0 Å². The minimum absolute atomic E-state index is 0.685. The third kappa shape index (κ3) is 1.58. The predicted molar refractivity (Wildman–Crippen MR) is 83.8 cm³/mol. The number of nitrogens with one attached hydrogen (secondary N) is 1. The van der Waals surface area contributed by atoms with Gasteiger partial charge < -0.3 is 4.98 Å². The van der Waals surface area contributed by atoms with Crippen LogP contribution in [0, 0.1) is 4.77 Å². The minimum atomic E-state index is 0.685. The highest BCUT2D eigenvalue weighted by Crippen LogP contribution is 2.25. The minimum Gasteiger partial charge on any atom is -0.329 e. The first-order valence-electron chi connectivity index (χ1n) is 6.37. The van der Waals surface area contributed by atoms with E-state index in [4.69, 9.17) is 12.2 Å². The molecule has 0 saturated heterocycles. The van der Waals surface area contributed by atoms with Gasteiger partial charge in [-0.1, -0.05) is 36.4 Å². The highest BCUT2D eigenvalue weighted by Gasteiger charge is 2.08. The van der Waals surface area contributed by atoms with Crippen molar-refractivity contribution in [2.24, 2.45) is 0 Å². The Balaban J connectivity index is 2.17. The summed E-state index contributed by atoms with van der Waals surface area (Å²) in [7, 11) is 0. The molecule has 4 heteroatoms. The third-order valence-corrected chi connectivity index (χ3v) is 3.78. The van der Waals surface area contributed by atoms with Gasteiger partial charge in [-0.05, 0) is 29.7 Å². The second-order valence-electron chi connectivity index (χ2n) is 4.66. The number of rotatable bonds is 1. The SMILES string of the molecule is S=c1[nH]c2cnccc2n1-c1cccc2ccccc12. The number of aromatic nitrogens is 3. The summed E-state index contributed by atoms with van der Waals surface area (Å²) >= 11 is 5.48. The molecule has 0 bridgehead atoms. The lowest BCUT2D eigenvalue weighted by Gasteiger charge is -2.08. The normalized spacial score (nSPS) is 11.2. The van der Waals surface area contributed by atoms with E-state index >= 15 is 0 Å². The number of hydrogen-bond donors (Lipinski definition) is 1. The van der Waals surface area contributed by atoms with Crippen molar-refractivity contribution in [3.63, 3.8) is 0 Å². The second-order valence-corrected chi connectivity index (χ2v) is 5.04. The summed E-state index contributed by atoms with van der Waals surface area (Å²) in [4.78, 5) is 7.34. The molecule has 0 unspecified atom stereocenters. The van der Waals surface area contributed by atoms with E-state index in [0.29, 0.717) is 4.77 Å². The van der Waals surface area contributed by atoms with E-state index in [2.05, 4.69) is 44.9 Å². The monoisotopic (exact) mass is 277 g/mol. The molecule has 2 aromatic carbocycles. The summed E-state index contributed by atoms with van der Waals surface area (Å²) in [5.74, 6) is 0. The zero-order chi connectivity index (χ0) is 13.5. The van der Waals surface area contributed by atoms with Gasteiger partial charge >= 0.3 is 0 Å². The molecular weight excluding hydrogens is 266 g/mol. The molecule has 4 aromatic rings. The fourth-order valence-electron chi connectivity index (χ4n) is 2.60. The van der Waals surface area contributed by atoms with E-state index in [1.54, 1.807) is 12.4 Å². The zero-order valence-corrected chi connectivity index (χ0v) is 11.4. The summed E-state index contributed by atoms with van der Waals surface area (Å²) in [5, 5.41) is 2.39. The molecular formula is C16H11N3S. The molecule has 2 aromatic heterocycles. The van der Waals surface area contributed by atoms with Gasteiger partial charge in [-0.3, -0.25) is 9.55 Å². The highest BCUT2D eigenvalue weighted by molar-refractivity contribution is 7.71. The van der Waals surface area contributed by atoms with Crippen LogP contribution in [0.15, 0.2) is 60.9 Å². The Morgan fingerprint density at radius 3 is 2.80 bits per heavy atom. The highest BCUT2D eigenvalue weighted by atomic mass is 32.1. The van der Waals surface area contributed by atoms with E-state index in [-0.39, 0.29) is 0 Å². The number of nitrogens with zero attached hydrogens (tertiary/aromatic N) is 2. The number of pyridine rings is 1. The van der Waals surface area contributed by atoms with Crippen molar-refractivity contribution >= 4 is 34.0 Å². The Kier molecular flexibility index (Phi) is 2.44. The molecule has 0 saturated carbocycles. The molecule has 0 atom stereocenters. The van der Waals surface area contributed by atoms with Crippen LogP contribution in [0.4, 0.5) is 0 Å². The molecule has 20 heavy (non-hydrogen) atoms. The van der Waals surface area contributed by atoms with E-state index in [0.717, 1.165) is 16.7 Å². The Bertz CT molecular complexity index is 976. The van der Waals surface area contributed by atoms with E-state index in [1.807, 2.05) is 18.2 Å². The van der Waals surface area contributed by atoms with Gasteiger partial charge in [0, 0.05) is 11.6 Å². The zero-order valence-electron chi connectivity index (χ0n) is 10.6. The van der Waals surface area contributed by atoms with Gasteiger partial charge in [0.15, 0.2) is 4.77 Å². The smallest absolute Gasteiger partial charge is 0.182 e. The van der Waals surface area contributed by atoms with Gasteiger partial charge in [0.25, 0.3) is 0 Å². The molecule has 0 aliphatic rings. The van der Waals surface area contributed by atoms with Gasteiger partial charge in [-0.15, -0.1) is 0 Å². The molecule has 3 nitrogen and oxygen atoms in total. The van der Waals surface area contributed by atoms with Crippen molar-refractivity contribution in [3.8, 4) is 5.69 Å². The summed E-state index contributed by atoms with van der Waals surface area (Å²) in [6, 6.07) is 16.6. The molecule has 0 aliphatic carbocycles. The fraction of sp³-hybridized carbons (Fsp3) is 0. The first kappa shape index (κ1) is 11.4. The molecule has 96 valence electrons. The molecule has 2 heterocycles.